The van der Waals surface area contributed by atoms with Gasteiger partial charge in [-0.1, -0.05) is 13.8 Å². The monoisotopic (exact) mass is 270 g/mol. The summed E-state index contributed by atoms with van der Waals surface area (Å²) in [5.74, 6) is -0.756. The van der Waals surface area contributed by atoms with Crippen LogP contribution in [0.25, 0.3) is 0 Å². The first-order valence-electron chi connectivity index (χ1n) is 5.42. The molecular formula is C12H15FN2O2S. The number of amides is 3. The third kappa shape index (κ3) is 4.37. The summed E-state index contributed by atoms with van der Waals surface area (Å²) in [6.45, 7) is 3.73. The average Bonchev–Trinajstić information content (AvgIpc) is 2.26. The maximum absolute atomic E-state index is 12.8. The number of urea groups is 1. The normalized spacial score (nSPS) is 12.2. The van der Waals surface area contributed by atoms with E-state index in [1.807, 2.05) is 13.8 Å². The summed E-state index contributed by atoms with van der Waals surface area (Å²) in [7, 11) is 0. The van der Waals surface area contributed by atoms with Gasteiger partial charge in [-0.25, -0.2) is 9.18 Å². The number of rotatable bonds is 4. The van der Waals surface area contributed by atoms with Gasteiger partial charge in [0.2, 0.25) is 5.91 Å². The van der Waals surface area contributed by atoms with Gasteiger partial charge >= 0.3 is 6.03 Å². The molecule has 0 aliphatic heterocycles. The molecule has 98 valence electrons. The largest absolute Gasteiger partial charge is 0.351 e. The summed E-state index contributed by atoms with van der Waals surface area (Å²) < 4.78 is 12.8. The maximum Gasteiger partial charge on any atom is 0.318 e. The minimum absolute atomic E-state index is 0.0133. The van der Waals surface area contributed by atoms with E-state index in [4.69, 9.17) is 5.73 Å². The van der Waals surface area contributed by atoms with Crippen LogP contribution in [0.3, 0.4) is 0 Å². The van der Waals surface area contributed by atoms with E-state index < -0.39 is 17.2 Å². The Kier molecular flexibility index (Phi) is 5.15. The summed E-state index contributed by atoms with van der Waals surface area (Å²) in [5.41, 5.74) is 4.91. The van der Waals surface area contributed by atoms with Crippen molar-refractivity contribution in [3.63, 3.8) is 0 Å². The summed E-state index contributed by atoms with van der Waals surface area (Å²) in [4.78, 5) is 23.2. The fraction of sp³-hybridized carbons (Fsp3) is 0.333. The Labute approximate surface area is 109 Å². The van der Waals surface area contributed by atoms with Crippen molar-refractivity contribution in [1.82, 2.24) is 5.32 Å². The van der Waals surface area contributed by atoms with Crippen molar-refractivity contribution in [1.29, 1.82) is 0 Å². The van der Waals surface area contributed by atoms with E-state index in [1.165, 1.54) is 23.9 Å². The fourth-order valence-electron chi connectivity index (χ4n) is 1.34. The van der Waals surface area contributed by atoms with E-state index in [0.717, 1.165) is 4.90 Å². The van der Waals surface area contributed by atoms with Crippen LogP contribution in [0.15, 0.2) is 29.2 Å². The number of hydrogen-bond acceptors (Lipinski definition) is 3. The van der Waals surface area contributed by atoms with Gasteiger partial charge in [-0.05, 0) is 30.2 Å². The lowest BCUT2D eigenvalue weighted by Crippen LogP contribution is -2.42. The number of primary amides is 1. The second kappa shape index (κ2) is 6.39. The van der Waals surface area contributed by atoms with E-state index >= 15 is 0 Å². The second-order valence-corrected chi connectivity index (χ2v) is 5.30. The smallest absolute Gasteiger partial charge is 0.318 e. The topological polar surface area (TPSA) is 72.2 Å². The molecule has 18 heavy (non-hydrogen) atoms. The van der Waals surface area contributed by atoms with Crippen molar-refractivity contribution in [3.05, 3.63) is 30.1 Å². The zero-order chi connectivity index (χ0) is 13.7. The Morgan fingerprint density at radius 2 is 1.83 bits per heavy atom. The fourth-order valence-corrected chi connectivity index (χ4v) is 2.37. The van der Waals surface area contributed by atoms with E-state index in [0.29, 0.717) is 0 Å². The summed E-state index contributed by atoms with van der Waals surface area (Å²) in [5, 5.41) is 1.61. The summed E-state index contributed by atoms with van der Waals surface area (Å²) >= 11 is 1.27. The first-order valence-corrected chi connectivity index (χ1v) is 6.30. The van der Waals surface area contributed by atoms with Gasteiger partial charge in [0.25, 0.3) is 0 Å². The molecule has 0 unspecified atom stereocenters. The number of thioether (sulfide) groups is 1. The molecule has 0 fully saturated rings. The van der Waals surface area contributed by atoms with Crippen molar-refractivity contribution in [2.24, 2.45) is 11.7 Å². The number of hydrogen-bond donors (Lipinski definition) is 2. The van der Waals surface area contributed by atoms with Crippen molar-refractivity contribution < 1.29 is 14.0 Å². The molecule has 0 aliphatic rings. The molecule has 0 bridgehead atoms. The highest BCUT2D eigenvalue weighted by Crippen LogP contribution is 2.28. The van der Waals surface area contributed by atoms with E-state index in [2.05, 4.69) is 5.32 Å². The van der Waals surface area contributed by atoms with Gasteiger partial charge in [0.15, 0.2) is 0 Å². The highest BCUT2D eigenvalue weighted by molar-refractivity contribution is 8.00. The zero-order valence-corrected chi connectivity index (χ0v) is 11.0. The molecule has 1 aromatic rings. The predicted molar refractivity (Wildman–Crippen MR) is 68.6 cm³/mol. The minimum atomic E-state index is -0.870. The first kappa shape index (κ1) is 14.5. The van der Waals surface area contributed by atoms with Crippen molar-refractivity contribution in [2.75, 3.05) is 0 Å². The van der Waals surface area contributed by atoms with E-state index in [1.54, 1.807) is 12.1 Å². The van der Waals surface area contributed by atoms with Gasteiger partial charge in [0.05, 0.1) is 5.25 Å². The quantitative estimate of drug-likeness (QED) is 0.823. The summed E-state index contributed by atoms with van der Waals surface area (Å²) in [6, 6.07) is 4.96. The van der Waals surface area contributed by atoms with Crippen molar-refractivity contribution in [3.8, 4) is 0 Å². The molecule has 0 aliphatic carbocycles. The predicted octanol–water partition coefficient (Wildman–Crippen LogP) is 2.14. The van der Waals surface area contributed by atoms with Crippen molar-refractivity contribution >= 4 is 23.7 Å². The Morgan fingerprint density at radius 1 is 1.28 bits per heavy atom. The van der Waals surface area contributed by atoms with Crippen LogP contribution in [0.1, 0.15) is 13.8 Å². The molecule has 3 amide bonds. The second-order valence-electron chi connectivity index (χ2n) is 4.09. The van der Waals surface area contributed by atoms with Crippen molar-refractivity contribution in [2.45, 2.75) is 24.0 Å². The highest BCUT2D eigenvalue weighted by Gasteiger charge is 2.24. The lowest BCUT2D eigenvalue weighted by molar-refractivity contribution is -0.120. The molecule has 1 rings (SSSR count). The molecule has 0 saturated heterocycles. The Bertz CT molecular complexity index is 434. The van der Waals surface area contributed by atoms with Crippen LogP contribution in [0, 0.1) is 11.7 Å². The van der Waals surface area contributed by atoms with Gasteiger partial charge < -0.3 is 5.73 Å². The number of benzene rings is 1. The number of carbonyl (C=O) groups excluding carboxylic acids is 2. The Balaban J connectivity index is 2.77. The zero-order valence-electron chi connectivity index (χ0n) is 10.1. The molecule has 1 atom stereocenters. The van der Waals surface area contributed by atoms with Gasteiger partial charge in [-0.2, -0.15) is 0 Å². The Morgan fingerprint density at radius 3 is 2.28 bits per heavy atom. The molecule has 0 radical (unpaired) electrons. The first-order chi connectivity index (χ1) is 8.40. The average molecular weight is 270 g/mol. The van der Waals surface area contributed by atoms with Crippen LogP contribution in [-0.4, -0.2) is 17.2 Å². The number of imide groups is 1. The molecule has 0 aromatic heterocycles. The summed E-state index contributed by atoms with van der Waals surface area (Å²) in [6.07, 6.45) is 0. The number of nitrogens with two attached hydrogens (primary N) is 1. The van der Waals surface area contributed by atoms with E-state index in [-0.39, 0.29) is 11.7 Å². The number of carbonyl (C=O) groups is 2. The molecule has 3 N–H and O–H groups in total. The number of nitrogens with one attached hydrogen (secondary N) is 1. The molecule has 0 heterocycles. The lowest BCUT2D eigenvalue weighted by Gasteiger charge is -2.18. The Hall–Kier alpha value is -1.56. The van der Waals surface area contributed by atoms with Crippen LogP contribution in [0.4, 0.5) is 9.18 Å². The number of halogens is 1. The molecule has 0 spiro atoms. The molecule has 6 heteroatoms. The highest BCUT2D eigenvalue weighted by atomic mass is 32.2. The van der Waals surface area contributed by atoms with Gasteiger partial charge in [0.1, 0.15) is 5.82 Å². The molecule has 0 saturated carbocycles. The molecular weight excluding hydrogens is 255 g/mol. The third-order valence-corrected chi connectivity index (χ3v) is 3.74. The van der Waals surface area contributed by atoms with E-state index in [9.17, 15) is 14.0 Å². The van der Waals surface area contributed by atoms with Gasteiger partial charge in [0, 0.05) is 4.90 Å². The van der Waals surface area contributed by atoms with Crippen LogP contribution >= 0.6 is 11.8 Å². The van der Waals surface area contributed by atoms with Gasteiger partial charge in [-0.3, -0.25) is 10.1 Å². The SMILES string of the molecule is CC(C)[C@@H](Sc1ccc(F)cc1)C(=O)NC(N)=O. The maximum atomic E-state index is 12.8. The minimum Gasteiger partial charge on any atom is -0.351 e. The standard InChI is InChI=1S/C12H15FN2O2S/c1-7(2)10(11(16)15-12(14)17)18-9-5-3-8(13)4-6-9/h3-7,10H,1-2H3,(H3,14,15,16,17)/t10-/m1/s1. The van der Waals surface area contributed by atoms with Crippen LogP contribution in [0.2, 0.25) is 0 Å². The van der Waals surface area contributed by atoms with Crippen LogP contribution in [0.5, 0.6) is 0 Å². The molecule has 4 nitrogen and oxygen atoms in total. The van der Waals surface area contributed by atoms with Crippen LogP contribution < -0.4 is 11.1 Å². The lowest BCUT2D eigenvalue weighted by atomic mass is 10.1. The third-order valence-electron chi connectivity index (χ3n) is 2.19. The van der Waals surface area contributed by atoms with Crippen LogP contribution in [-0.2, 0) is 4.79 Å². The van der Waals surface area contributed by atoms with Gasteiger partial charge in [-0.15, -0.1) is 11.8 Å². The molecule has 1 aromatic carbocycles.